The quantitative estimate of drug-likeness (QED) is 0.522. The molecule has 2 aromatic heterocycles. The van der Waals surface area contributed by atoms with Crippen LogP contribution in [0.2, 0.25) is 0 Å². The summed E-state index contributed by atoms with van der Waals surface area (Å²) in [4.78, 5) is 0.0960. The zero-order chi connectivity index (χ0) is 22.3. The van der Waals surface area contributed by atoms with Gasteiger partial charge in [0.1, 0.15) is 11.5 Å². The van der Waals surface area contributed by atoms with Crippen LogP contribution in [0.15, 0.2) is 28.3 Å². The van der Waals surface area contributed by atoms with Crippen LogP contribution in [0.1, 0.15) is 30.7 Å². The smallest absolute Gasteiger partial charge is 0.243 e. The lowest BCUT2D eigenvalue weighted by Crippen LogP contribution is -2.36. The zero-order valence-electron chi connectivity index (χ0n) is 18.0. The number of nitrogens with zero attached hydrogens (tertiary/aromatic N) is 6. The van der Waals surface area contributed by atoms with Crippen LogP contribution in [0.25, 0.3) is 11.5 Å². The highest BCUT2D eigenvalue weighted by atomic mass is 32.2. The Morgan fingerprint density at radius 2 is 2.00 bits per heavy atom. The average Bonchev–Trinajstić information content (AvgIpc) is 3.30. The molecule has 0 bridgehead atoms. The van der Waals surface area contributed by atoms with Gasteiger partial charge in [-0.15, -0.1) is 10.2 Å². The molecule has 0 aliphatic carbocycles. The van der Waals surface area contributed by atoms with Crippen LogP contribution >= 0.6 is 11.8 Å². The molecule has 0 amide bonds. The first-order chi connectivity index (χ1) is 14.8. The van der Waals surface area contributed by atoms with Crippen molar-refractivity contribution in [3.05, 3.63) is 40.8 Å². The molecule has 0 atom stereocenters. The summed E-state index contributed by atoms with van der Waals surface area (Å²) in [6.45, 7) is 6.85. The average molecular weight is 465 g/mol. The molecule has 1 aliphatic heterocycles. The normalized spacial score (nSPS) is 14.7. The number of hydrogen-bond donors (Lipinski definition) is 0. The van der Waals surface area contributed by atoms with Crippen LogP contribution in [0.3, 0.4) is 0 Å². The Balaban J connectivity index is 1.74. The van der Waals surface area contributed by atoms with Crippen molar-refractivity contribution in [1.82, 2.24) is 28.9 Å². The summed E-state index contributed by atoms with van der Waals surface area (Å²) >= 11 is 1.61. The van der Waals surface area contributed by atoms with E-state index in [1.807, 2.05) is 18.5 Å². The van der Waals surface area contributed by atoms with E-state index in [1.165, 1.54) is 22.5 Å². The number of sulfonamides is 1. The second kappa shape index (κ2) is 8.36. The van der Waals surface area contributed by atoms with Crippen molar-refractivity contribution in [2.24, 2.45) is 7.05 Å². The van der Waals surface area contributed by atoms with E-state index in [9.17, 15) is 12.8 Å². The number of rotatable bonds is 6. The summed E-state index contributed by atoms with van der Waals surface area (Å²) in [7, 11) is -1.90. The maximum Gasteiger partial charge on any atom is 0.243 e. The van der Waals surface area contributed by atoms with Crippen LogP contribution in [-0.4, -0.2) is 49.6 Å². The number of aryl methyl sites for hydroxylation is 2. The number of halogens is 1. The first kappa shape index (κ1) is 22.0. The van der Waals surface area contributed by atoms with Crippen molar-refractivity contribution in [1.29, 1.82) is 0 Å². The van der Waals surface area contributed by atoms with E-state index >= 15 is 0 Å². The molecule has 0 saturated heterocycles. The third-order valence-corrected chi connectivity index (χ3v) is 8.18. The first-order valence-electron chi connectivity index (χ1n) is 10.1. The molecule has 8 nitrogen and oxygen atoms in total. The minimum atomic E-state index is -3.77. The summed E-state index contributed by atoms with van der Waals surface area (Å²) in [6.07, 6.45) is 0.537. The van der Waals surface area contributed by atoms with Crippen LogP contribution in [0.5, 0.6) is 0 Å². The van der Waals surface area contributed by atoms with E-state index in [0.29, 0.717) is 36.6 Å². The van der Waals surface area contributed by atoms with E-state index in [2.05, 4.69) is 22.2 Å². The summed E-state index contributed by atoms with van der Waals surface area (Å²) in [5.41, 5.74) is 2.79. The second-order valence-electron chi connectivity index (χ2n) is 7.38. The van der Waals surface area contributed by atoms with Gasteiger partial charge in [-0.2, -0.15) is 9.40 Å². The molecule has 166 valence electrons. The highest BCUT2D eigenvalue weighted by Gasteiger charge is 2.33. The number of aromatic nitrogens is 5. The summed E-state index contributed by atoms with van der Waals surface area (Å²) in [5, 5.41) is 14.2. The summed E-state index contributed by atoms with van der Waals surface area (Å²) < 4.78 is 45.4. The van der Waals surface area contributed by atoms with Crippen LogP contribution in [-0.2, 0) is 36.6 Å². The molecule has 0 saturated carbocycles. The molecular weight excluding hydrogens is 439 g/mol. The van der Waals surface area contributed by atoms with Gasteiger partial charge in [0.25, 0.3) is 0 Å². The van der Waals surface area contributed by atoms with Gasteiger partial charge < -0.3 is 4.57 Å². The molecule has 1 aromatic carbocycles. The van der Waals surface area contributed by atoms with Gasteiger partial charge in [-0.1, -0.05) is 18.7 Å². The summed E-state index contributed by atoms with van der Waals surface area (Å²) in [6, 6.07) is 3.90. The van der Waals surface area contributed by atoms with E-state index in [4.69, 9.17) is 0 Å². The van der Waals surface area contributed by atoms with Gasteiger partial charge in [0.05, 0.1) is 4.90 Å². The minimum absolute atomic E-state index is 0.0960. The molecule has 11 heteroatoms. The second-order valence-corrected chi connectivity index (χ2v) is 10.5. The zero-order valence-corrected chi connectivity index (χ0v) is 19.6. The largest absolute Gasteiger partial charge is 0.301 e. The Labute approximate surface area is 185 Å². The topological polar surface area (TPSA) is 85.9 Å². The molecule has 3 aromatic rings. The molecule has 0 radical (unpaired) electrons. The molecule has 0 fully saturated rings. The monoisotopic (exact) mass is 464 g/mol. The van der Waals surface area contributed by atoms with Crippen molar-refractivity contribution in [2.45, 2.75) is 50.3 Å². The Morgan fingerprint density at radius 3 is 2.68 bits per heavy atom. The fraction of sp³-hybridized carbons (Fsp3) is 0.450. The Hall–Kier alpha value is -2.24. The molecule has 1 aliphatic rings. The fourth-order valence-corrected chi connectivity index (χ4v) is 6.09. The number of benzene rings is 1. The minimum Gasteiger partial charge on any atom is -0.301 e. The molecule has 4 rings (SSSR count). The third-order valence-electron chi connectivity index (χ3n) is 5.49. The van der Waals surface area contributed by atoms with E-state index in [-0.39, 0.29) is 11.4 Å². The van der Waals surface area contributed by atoms with Gasteiger partial charge in [-0.3, -0.25) is 4.68 Å². The molecule has 0 N–H and O–H groups in total. The SMILES string of the molecule is CCSc1nnc(-c2nn(C)c3c2CN(S(=O)(=O)c2ccc(F)c(C)c2)CC3)n1CC. The number of hydrogen-bond acceptors (Lipinski definition) is 6. The molecule has 31 heavy (non-hydrogen) atoms. The summed E-state index contributed by atoms with van der Waals surface area (Å²) in [5.74, 6) is 1.10. The van der Waals surface area contributed by atoms with Crippen molar-refractivity contribution >= 4 is 21.8 Å². The standard InChI is InChI=1S/C20H25FN6O2S2/c1-5-27-19(22-23-20(27)30-6-2)18-15-12-26(10-9-17(15)25(4)24-18)31(28,29)14-7-8-16(21)13(3)11-14/h7-8,11H,5-6,9-10,12H2,1-4H3. The number of thioether (sulfide) groups is 1. The Morgan fingerprint density at radius 1 is 1.23 bits per heavy atom. The van der Waals surface area contributed by atoms with Crippen molar-refractivity contribution in [2.75, 3.05) is 12.3 Å². The Kier molecular flexibility index (Phi) is 5.93. The predicted octanol–water partition coefficient (Wildman–Crippen LogP) is 3.01. The van der Waals surface area contributed by atoms with Crippen molar-refractivity contribution in [3.8, 4) is 11.5 Å². The predicted molar refractivity (Wildman–Crippen MR) is 117 cm³/mol. The lowest BCUT2D eigenvalue weighted by Gasteiger charge is -2.27. The number of fused-ring (bicyclic) bond motifs is 1. The molecular formula is C20H25FN6O2S2. The first-order valence-corrected chi connectivity index (χ1v) is 12.6. The maximum absolute atomic E-state index is 13.7. The third kappa shape index (κ3) is 3.79. The van der Waals surface area contributed by atoms with Gasteiger partial charge in [0.15, 0.2) is 11.0 Å². The highest BCUT2D eigenvalue weighted by Crippen LogP contribution is 2.33. The molecule has 0 unspecified atom stereocenters. The highest BCUT2D eigenvalue weighted by molar-refractivity contribution is 7.99. The molecule has 3 heterocycles. The van der Waals surface area contributed by atoms with Gasteiger partial charge in [0.2, 0.25) is 10.0 Å². The van der Waals surface area contributed by atoms with E-state index in [0.717, 1.165) is 22.2 Å². The maximum atomic E-state index is 13.7. The van der Waals surface area contributed by atoms with Gasteiger partial charge in [0, 0.05) is 44.4 Å². The molecule has 0 spiro atoms. The fourth-order valence-electron chi connectivity index (χ4n) is 3.86. The van der Waals surface area contributed by atoms with Gasteiger partial charge >= 0.3 is 0 Å². The van der Waals surface area contributed by atoms with Crippen LogP contribution in [0, 0.1) is 12.7 Å². The van der Waals surface area contributed by atoms with Crippen LogP contribution < -0.4 is 0 Å². The van der Waals surface area contributed by atoms with E-state index < -0.39 is 15.8 Å². The van der Waals surface area contributed by atoms with Crippen LogP contribution in [0.4, 0.5) is 4.39 Å². The Bertz CT molecular complexity index is 1230. The van der Waals surface area contributed by atoms with Crippen molar-refractivity contribution in [3.63, 3.8) is 0 Å². The lowest BCUT2D eigenvalue weighted by molar-refractivity contribution is 0.386. The lowest BCUT2D eigenvalue weighted by atomic mass is 10.1. The van der Waals surface area contributed by atoms with Gasteiger partial charge in [-0.25, -0.2) is 12.8 Å². The van der Waals surface area contributed by atoms with Gasteiger partial charge in [-0.05, 0) is 43.4 Å². The van der Waals surface area contributed by atoms with Crippen molar-refractivity contribution < 1.29 is 12.8 Å². The van der Waals surface area contributed by atoms with E-state index in [1.54, 1.807) is 23.4 Å².